The summed E-state index contributed by atoms with van der Waals surface area (Å²) < 4.78 is 7.53. The molecule has 0 aliphatic carbocycles. The normalized spacial score (nSPS) is 14.0. The Hall–Kier alpha value is -2.19. The molecule has 1 aliphatic heterocycles. The van der Waals surface area contributed by atoms with Gasteiger partial charge in [0.25, 0.3) is 5.91 Å². The average Bonchev–Trinajstić information content (AvgIpc) is 2.92. The zero-order chi connectivity index (χ0) is 17.2. The molecule has 2 N–H and O–H groups in total. The molecule has 0 bridgehead atoms. The van der Waals surface area contributed by atoms with Crippen LogP contribution in [0.5, 0.6) is 0 Å². The minimum Gasteiger partial charge on any atom is -0.359 e. The van der Waals surface area contributed by atoms with Gasteiger partial charge in [0.15, 0.2) is 0 Å². The Balaban J connectivity index is 1.84. The zero-order valence-corrected chi connectivity index (χ0v) is 15.3. The van der Waals surface area contributed by atoms with Gasteiger partial charge in [0.2, 0.25) is 0 Å². The van der Waals surface area contributed by atoms with E-state index in [-0.39, 0.29) is 5.91 Å². The summed E-state index contributed by atoms with van der Waals surface area (Å²) in [5.41, 5.74) is 2.06. The summed E-state index contributed by atoms with van der Waals surface area (Å²) in [6, 6.07) is 4.80. The first-order chi connectivity index (χ1) is 11.5. The third-order valence-electron chi connectivity index (χ3n) is 3.85. The monoisotopic (exact) mass is 345 g/mol. The van der Waals surface area contributed by atoms with Crippen LogP contribution >= 0.6 is 0 Å². The summed E-state index contributed by atoms with van der Waals surface area (Å²) in [7, 11) is -1.12. The third-order valence-corrected chi connectivity index (χ3v) is 5.55. The summed E-state index contributed by atoms with van der Waals surface area (Å²) in [6.07, 6.45) is 3.39. The van der Waals surface area contributed by atoms with Gasteiger partial charge in [0.1, 0.15) is 23.8 Å². The smallest absolute Gasteiger partial charge is 0.258 e. The highest BCUT2D eigenvalue weighted by Gasteiger charge is 2.27. The van der Waals surface area contributed by atoms with E-state index in [9.17, 15) is 4.79 Å². The Bertz CT molecular complexity index is 724. The average molecular weight is 345 g/mol. The molecule has 1 aliphatic rings. The van der Waals surface area contributed by atoms with E-state index in [1.54, 1.807) is 17.1 Å². The Morgan fingerprint density at radius 2 is 2.00 bits per heavy atom. The summed E-state index contributed by atoms with van der Waals surface area (Å²) in [5.74, 6) is 0.586. The maximum atomic E-state index is 12.3. The predicted molar refractivity (Wildman–Crippen MR) is 95.5 cm³/mol. The summed E-state index contributed by atoms with van der Waals surface area (Å²) in [6.45, 7) is 8.39. The Kier molecular flexibility index (Phi) is 4.68. The number of fused-ring (bicyclic) bond motifs is 1. The number of pyridine rings is 1. The number of nitrogens with zero attached hydrogens (tertiary/aromatic N) is 3. The van der Waals surface area contributed by atoms with Crippen molar-refractivity contribution in [3.63, 3.8) is 0 Å². The molecule has 0 saturated carbocycles. The van der Waals surface area contributed by atoms with Crippen molar-refractivity contribution < 1.29 is 9.53 Å². The molecule has 7 nitrogen and oxygen atoms in total. The lowest BCUT2D eigenvalue weighted by Gasteiger charge is -2.18. The van der Waals surface area contributed by atoms with E-state index >= 15 is 0 Å². The molecule has 0 radical (unpaired) electrons. The van der Waals surface area contributed by atoms with E-state index in [0.717, 1.165) is 11.6 Å². The Morgan fingerprint density at radius 1 is 1.25 bits per heavy atom. The molecule has 3 heterocycles. The predicted octanol–water partition coefficient (Wildman–Crippen LogP) is 2.37. The maximum Gasteiger partial charge on any atom is 0.258 e. The van der Waals surface area contributed by atoms with E-state index in [4.69, 9.17) is 4.74 Å². The quantitative estimate of drug-likeness (QED) is 0.620. The van der Waals surface area contributed by atoms with Gasteiger partial charge in [0.05, 0.1) is 6.67 Å². The van der Waals surface area contributed by atoms with Crippen LogP contribution in [0.1, 0.15) is 10.4 Å². The van der Waals surface area contributed by atoms with Gasteiger partial charge < -0.3 is 15.4 Å². The number of rotatable bonds is 6. The topological polar surface area (TPSA) is 81.1 Å². The van der Waals surface area contributed by atoms with Crippen molar-refractivity contribution in [2.45, 2.75) is 32.4 Å². The van der Waals surface area contributed by atoms with Gasteiger partial charge in [-0.1, -0.05) is 19.6 Å². The molecule has 2 aromatic heterocycles. The fourth-order valence-electron chi connectivity index (χ4n) is 2.49. The van der Waals surface area contributed by atoms with Crippen molar-refractivity contribution in [2.24, 2.45) is 0 Å². The summed E-state index contributed by atoms with van der Waals surface area (Å²) in [5, 5.41) is 10.6. The first-order valence-corrected chi connectivity index (χ1v) is 11.8. The van der Waals surface area contributed by atoms with Crippen LogP contribution < -0.4 is 10.6 Å². The molecule has 128 valence electrons. The van der Waals surface area contributed by atoms with Crippen LogP contribution in [0.25, 0.3) is 11.3 Å². The molecule has 0 atom stereocenters. The second kappa shape index (κ2) is 6.74. The third kappa shape index (κ3) is 3.65. The van der Waals surface area contributed by atoms with E-state index in [0.29, 0.717) is 37.1 Å². The summed E-state index contributed by atoms with van der Waals surface area (Å²) in [4.78, 5) is 16.3. The highest BCUT2D eigenvalue weighted by Crippen LogP contribution is 2.30. The first-order valence-electron chi connectivity index (χ1n) is 8.07. The maximum absolute atomic E-state index is 12.3. The molecule has 1 amide bonds. The molecule has 8 heteroatoms. The SMILES string of the molecule is C[Si](C)(C)CCOCn1nc(-c2ccncc2)c2c1NCNC2=O. The highest BCUT2D eigenvalue weighted by molar-refractivity contribution is 6.76. The molecule has 0 fully saturated rings. The van der Waals surface area contributed by atoms with Gasteiger partial charge in [-0.2, -0.15) is 5.10 Å². The second-order valence-corrected chi connectivity index (χ2v) is 12.6. The minimum atomic E-state index is -1.12. The number of amides is 1. The van der Waals surface area contributed by atoms with Crippen molar-refractivity contribution in [3.05, 3.63) is 30.1 Å². The van der Waals surface area contributed by atoms with Crippen molar-refractivity contribution in [2.75, 3.05) is 18.6 Å². The van der Waals surface area contributed by atoms with Gasteiger partial charge in [-0.25, -0.2) is 4.68 Å². The van der Waals surface area contributed by atoms with E-state index in [2.05, 4.69) is 40.4 Å². The molecule has 0 saturated heterocycles. The van der Waals surface area contributed by atoms with Crippen molar-refractivity contribution >= 4 is 19.8 Å². The van der Waals surface area contributed by atoms with Crippen LogP contribution in [-0.2, 0) is 11.5 Å². The van der Waals surface area contributed by atoms with Crippen LogP contribution in [0.4, 0.5) is 5.82 Å². The van der Waals surface area contributed by atoms with Crippen LogP contribution in [0, 0.1) is 0 Å². The number of hydrogen-bond acceptors (Lipinski definition) is 5. The minimum absolute atomic E-state index is 0.121. The Morgan fingerprint density at radius 3 is 2.71 bits per heavy atom. The lowest BCUT2D eigenvalue weighted by atomic mass is 10.1. The lowest BCUT2D eigenvalue weighted by molar-refractivity contribution is 0.0798. The molecule has 0 unspecified atom stereocenters. The molecular weight excluding hydrogens is 322 g/mol. The molecule has 0 aromatic carbocycles. The molecule has 3 rings (SSSR count). The van der Waals surface area contributed by atoms with E-state index in [1.807, 2.05) is 12.1 Å². The summed E-state index contributed by atoms with van der Waals surface area (Å²) >= 11 is 0. The van der Waals surface area contributed by atoms with E-state index < -0.39 is 8.07 Å². The van der Waals surface area contributed by atoms with Gasteiger partial charge in [-0.05, 0) is 18.2 Å². The van der Waals surface area contributed by atoms with Gasteiger partial charge in [-0.3, -0.25) is 9.78 Å². The van der Waals surface area contributed by atoms with Crippen molar-refractivity contribution in [1.29, 1.82) is 0 Å². The molecule has 0 spiro atoms. The zero-order valence-electron chi connectivity index (χ0n) is 14.3. The van der Waals surface area contributed by atoms with Crippen LogP contribution in [-0.4, -0.2) is 42.0 Å². The van der Waals surface area contributed by atoms with Crippen LogP contribution in [0.3, 0.4) is 0 Å². The van der Waals surface area contributed by atoms with Gasteiger partial charge in [-0.15, -0.1) is 0 Å². The van der Waals surface area contributed by atoms with Gasteiger partial charge in [0, 0.05) is 32.6 Å². The fraction of sp³-hybridized carbons (Fsp3) is 0.438. The van der Waals surface area contributed by atoms with Gasteiger partial charge >= 0.3 is 0 Å². The standard InChI is InChI=1S/C16H23N5O2Si/c1-24(2,3)9-8-23-11-21-15-13(16(22)19-10-18-15)14(20-21)12-4-6-17-7-5-12/h4-7,18H,8-11H2,1-3H3,(H,19,22). The number of ether oxygens (including phenoxy) is 1. The fourth-order valence-corrected chi connectivity index (χ4v) is 3.24. The molecule has 2 aromatic rings. The second-order valence-electron chi connectivity index (χ2n) is 7.02. The highest BCUT2D eigenvalue weighted by atomic mass is 28.3. The van der Waals surface area contributed by atoms with Crippen molar-refractivity contribution in [1.82, 2.24) is 20.1 Å². The number of aromatic nitrogens is 3. The lowest BCUT2D eigenvalue weighted by Crippen LogP contribution is -2.35. The molecule has 24 heavy (non-hydrogen) atoms. The molecular formula is C16H23N5O2Si. The van der Waals surface area contributed by atoms with Crippen molar-refractivity contribution in [3.8, 4) is 11.3 Å². The number of carbonyl (C=O) groups excluding carboxylic acids is 1. The van der Waals surface area contributed by atoms with E-state index in [1.165, 1.54) is 0 Å². The van der Waals surface area contributed by atoms with Crippen LogP contribution in [0.15, 0.2) is 24.5 Å². The first kappa shape index (κ1) is 16.7. The van der Waals surface area contributed by atoms with Crippen LogP contribution in [0.2, 0.25) is 25.7 Å². The number of hydrogen-bond donors (Lipinski definition) is 2. The number of nitrogens with one attached hydrogen (secondary N) is 2. The largest absolute Gasteiger partial charge is 0.359 e. The number of anilines is 1. The number of carbonyl (C=O) groups is 1. The Labute approximate surface area is 142 Å².